The van der Waals surface area contributed by atoms with Gasteiger partial charge in [-0.15, -0.1) is 16.4 Å². The molecule has 0 radical (unpaired) electrons. The first-order valence-electron chi connectivity index (χ1n) is 8.33. The largest absolute Gasteiger partial charge is 0.330 e. The summed E-state index contributed by atoms with van der Waals surface area (Å²) in [6.07, 6.45) is 7.71. The lowest BCUT2D eigenvalue weighted by atomic mass is 9.97. The maximum atomic E-state index is 13.1. The number of carbonyl (C=O) groups is 1. The van der Waals surface area contributed by atoms with Gasteiger partial charge in [0.15, 0.2) is 5.01 Å². The summed E-state index contributed by atoms with van der Waals surface area (Å²) in [5.74, 6) is 0.0979. The Morgan fingerprint density at radius 3 is 2.62 bits per heavy atom. The SMILES string of the molecule is O=C(c1nc2ccccc2s1)N1C2CCC1CC(n1ccnn1)C2. The number of nitrogens with zero attached hydrogens (tertiary/aromatic N) is 5. The van der Waals surface area contributed by atoms with Crippen molar-refractivity contribution in [1.82, 2.24) is 24.9 Å². The van der Waals surface area contributed by atoms with Crippen LogP contribution in [0.4, 0.5) is 0 Å². The van der Waals surface area contributed by atoms with E-state index in [9.17, 15) is 4.79 Å². The average Bonchev–Trinajstić information content (AvgIpc) is 3.32. The molecule has 24 heavy (non-hydrogen) atoms. The lowest BCUT2D eigenvalue weighted by Gasteiger charge is -2.38. The van der Waals surface area contributed by atoms with Crippen LogP contribution in [0.5, 0.6) is 0 Å². The zero-order chi connectivity index (χ0) is 16.1. The maximum Gasteiger partial charge on any atom is 0.283 e. The quantitative estimate of drug-likeness (QED) is 0.720. The Balaban J connectivity index is 1.42. The molecule has 6 nitrogen and oxygen atoms in total. The van der Waals surface area contributed by atoms with E-state index < -0.39 is 0 Å². The van der Waals surface area contributed by atoms with Gasteiger partial charge in [0.1, 0.15) is 0 Å². The molecule has 122 valence electrons. The molecule has 7 heteroatoms. The summed E-state index contributed by atoms with van der Waals surface area (Å²) < 4.78 is 3.02. The second-order valence-electron chi connectivity index (χ2n) is 6.59. The van der Waals surface area contributed by atoms with Crippen molar-refractivity contribution in [3.63, 3.8) is 0 Å². The van der Waals surface area contributed by atoms with Gasteiger partial charge in [0.25, 0.3) is 5.91 Å². The summed E-state index contributed by atoms with van der Waals surface area (Å²) in [5, 5.41) is 8.68. The first-order valence-corrected chi connectivity index (χ1v) is 9.15. The highest BCUT2D eigenvalue weighted by Crippen LogP contribution is 2.41. The van der Waals surface area contributed by atoms with Crippen molar-refractivity contribution in [2.45, 2.75) is 43.8 Å². The molecule has 1 aromatic carbocycles. The van der Waals surface area contributed by atoms with Gasteiger partial charge in [-0.1, -0.05) is 17.3 Å². The van der Waals surface area contributed by atoms with Gasteiger partial charge in [-0.2, -0.15) is 0 Å². The molecule has 5 rings (SSSR count). The number of hydrogen-bond donors (Lipinski definition) is 0. The molecule has 2 aliphatic rings. The van der Waals surface area contributed by atoms with Crippen molar-refractivity contribution in [3.05, 3.63) is 41.7 Å². The zero-order valence-electron chi connectivity index (χ0n) is 13.1. The minimum absolute atomic E-state index is 0.0979. The van der Waals surface area contributed by atoms with Crippen molar-refractivity contribution in [2.24, 2.45) is 0 Å². The van der Waals surface area contributed by atoms with Gasteiger partial charge in [-0.3, -0.25) is 4.79 Å². The van der Waals surface area contributed by atoms with Gasteiger partial charge >= 0.3 is 0 Å². The van der Waals surface area contributed by atoms with Crippen LogP contribution < -0.4 is 0 Å². The summed E-state index contributed by atoms with van der Waals surface area (Å²) in [5.41, 5.74) is 0.913. The second kappa shape index (κ2) is 5.37. The fourth-order valence-corrected chi connectivity index (χ4v) is 5.09. The summed E-state index contributed by atoms with van der Waals surface area (Å²) in [6, 6.07) is 8.87. The van der Waals surface area contributed by atoms with Crippen molar-refractivity contribution >= 4 is 27.5 Å². The third-order valence-corrected chi connectivity index (χ3v) is 6.26. The molecule has 2 unspecified atom stereocenters. The van der Waals surface area contributed by atoms with Gasteiger partial charge < -0.3 is 4.90 Å². The van der Waals surface area contributed by atoms with Crippen LogP contribution in [0.1, 0.15) is 41.5 Å². The molecule has 2 atom stereocenters. The number of fused-ring (bicyclic) bond motifs is 3. The topological polar surface area (TPSA) is 63.9 Å². The fourth-order valence-electron chi connectivity index (χ4n) is 4.18. The molecule has 0 spiro atoms. The van der Waals surface area contributed by atoms with E-state index >= 15 is 0 Å². The Labute approximate surface area is 143 Å². The Morgan fingerprint density at radius 2 is 1.92 bits per heavy atom. The van der Waals surface area contributed by atoms with E-state index in [-0.39, 0.29) is 18.0 Å². The second-order valence-corrected chi connectivity index (χ2v) is 7.62. The molecule has 3 aromatic rings. The monoisotopic (exact) mass is 339 g/mol. The maximum absolute atomic E-state index is 13.1. The molecule has 1 amide bonds. The van der Waals surface area contributed by atoms with E-state index in [2.05, 4.69) is 20.2 Å². The van der Waals surface area contributed by atoms with Crippen LogP contribution in [0.2, 0.25) is 0 Å². The van der Waals surface area contributed by atoms with E-state index in [0.29, 0.717) is 11.0 Å². The van der Waals surface area contributed by atoms with Crippen LogP contribution in [0.3, 0.4) is 0 Å². The third kappa shape index (κ3) is 2.15. The summed E-state index contributed by atoms with van der Waals surface area (Å²) >= 11 is 1.50. The molecule has 0 saturated carbocycles. The Morgan fingerprint density at radius 1 is 1.12 bits per heavy atom. The number of rotatable bonds is 2. The molecule has 2 aliphatic heterocycles. The molecule has 0 N–H and O–H groups in total. The van der Waals surface area contributed by atoms with Crippen molar-refractivity contribution in [2.75, 3.05) is 0 Å². The number of piperidine rings is 1. The summed E-state index contributed by atoms with van der Waals surface area (Å²) in [7, 11) is 0. The van der Waals surface area contributed by atoms with Crippen LogP contribution in [-0.4, -0.2) is 42.9 Å². The summed E-state index contributed by atoms with van der Waals surface area (Å²) in [4.78, 5) is 19.7. The number of benzene rings is 1. The number of thiazole rings is 1. The molecule has 2 fully saturated rings. The molecular weight excluding hydrogens is 322 g/mol. The van der Waals surface area contributed by atoms with Gasteiger partial charge in [0.2, 0.25) is 0 Å². The van der Waals surface area contributed by atoms with Gasteiger partial charge in [-0.05, 0) is 37.8 Å². The van der Waals surface area contributed by atoms with Crippen LogP contribution >= 0.6 is 11.3 Å². The van der Waals surface area contributed by atoms with Gasteiger partial charge in [0.05, 0.1) is 22.5 Å². The molecule has 2 saturated heterocycles. The fraction of sp³-hybridized carbons (Fsp3) is 0.412. The zero-order valence-corrected chi connectivity index (χ0v) is 13.9. The van der Waals surface area contributed by atoms with Crippen molar-refractivity contribution in [3.8, 4) is 0 Å². The van der Waals surface area contributed by atoms with E-state index in [0.717, 1.165) is 35.9 Å². The van der Waals surface area contributed by atoms with Gasteiger partial charge in [-0.25, -0.2) is 9.67 Å². The Bertz CT molecular complexity index is 842. The Hall–Kier alpha value is -2.28. The molecule has 4 heterocycles. The predicted molar refractivity (Wildman–Crippen MR) is 90.9 cm³/mol. The molecule has 0 aliphatic carbocycles. The standard InChI is InChI=1S/C17H17N5OS/c23-17(16-19-14-3-1-2-4-15(14)24-16)22-11-5-6-12(22)10-13(9-11)21-8-7-18-20-21/h1-4,7-8,11-13H,5-6,9-10H2. The van der Waals surface area contributed by atoms with Crippen molar-refractivity contribution in [1.29, 1.82) is 0 Å². The van der Waals surface area contributed by atoms with Crippen LogP contribution in [0.25, 0.3) is 10.2 Å². The van der Waals surface area contributed by atoms with Crippen LogP contribution in [0, 0.1) is 0 Å². The first-order chi connectivity index (χ1) is 11.8. The average molecular weight is 339 g/mol. The van der Waals surface area contributed by atoms with Crippen LogP contribution in [0.15, 0.2) is 36.7 Å². The lowest BCUT2D eigenvalue weighted by molar-refractivity contribution is 0.0523. The normalized spacial score (nSPS) is 26.2. The number of aromatic nitrogens is 4. The van der Waals surface area contributed by atoms with E-state index in [4.69, 9.17) is 0 Å². The third-order valence-electron chi connectivity index (χ3n) is 5.23. The number of para-hydroxylation sites is 1. The van der Waals surface area contributed by atoms with Crippen LogP contribution in [-0.2, 0) is 0 Å². The molecule has 2 aromatic heterocycles. The first kappa shape index (κ1) is 14.1. The number of carbonyl (C=O) groups excluding carboxylic acids is 1. The highest BCUT2D eigenvalue weighted by Gasteiger charge is 2.44. The summed E-state index contributed by atoms with van der Waals surface area (Å²) in [6.45, 7) is 0. The minimum atomic E-state index is 0.0979. The molecule has 2 bridgehead atoms. The van der Waals surface area contributed by atoms with E-state index in [1.807, 2.05) is 35.1 Å². The smallest absolute Gasteiger partial charge is 0.283 e. The van der Waals surface area contributed by atoms with Crippen molar-refractivity contribution < 1.29 is 4.79 Å². The predicted octanol–water partition coefficient (Wildman–Crippen LogP) is 2.90. The molecular formula is C17H17N5OS. The van der Waals surface area contributed by atoms with E-state index in [1.165, 1.54) is 11.3 Å². The Kier molecular flexibility index (Phi) is 3.16. The van der Waals surface area contributed by atoms with E-state index in [1.54, 1.807) is 6.20 Å². The minimum Gasteiger partial charge on any atom is -0.330 e. The number of hydrogen-bond acceptors (Lipinski definition) is 5. The highest BCUT2D eigenvalue weighted by atomic mass is 32.1. The van der Waals surface area contributed by atoms with Gasteiger partial charge in [0, 0.05) is 18.3 Å². The number of amides is 1. The lowest BCUT2D eigenvalue weighted by Crippen LogP contribution is -2.47. The highest BCUT2D eigenvalue weighted by molar-refractivity contribution is 7.20.